The molecule has 1 saturated heterocycles. The lowest BCUT2D eigenvalue weighted by Gasteiger charge is -2.41. The van der Waals surface area contributed by atoms with Crippen molar-refractivity contribution in [3.05, 3.63) is 48.7 Å². The lowest BCUT2D eigenvalue weighted by atomic mass is 9.62. The second-order valence-electron chi connectivity index (χ2n) is 7.69. The molecular weight excluding hydrogens is 342 g/mol. The second kappa shape index (κ2) is 6.97. The van der Waals surface area contributed by atoms with Gasteiger partial charge in [-0.2, -0.15) is 0 Å². The maximum absolute atomic E-state index is 12.2. The summed E-state index contributed by atoms with van der Waals surface area (Å²) in [5.74, 6) is -0.153. The van der Waals surface area contributed by atoms with Crippen molar-refractivity contribution in [2.45, 2.75) is 44.8 Å². The Hall–Kier alpha value is -2.40. The number of rotatable bonds is 4. The molecule has 2 aromatic rings. The normalized spacial score (nSPS) is 33.2. The molecule has 5 heteroatoms. The minimum absolute atomic E-state index is 0.0885. The summed E-state index contributed by atoms with van der Waals surface area (Å²) in [5, 5.41) is 10.9. The lowest BCUT2D eigenvalue weighted by Crippen LogP contribution is -2.50. The Morgan fingerprint density at radius 2 is 2.19 bits per heavy atom. The molecule has 2 aromatic heterocycles. The van der Waals surface area contributed by atoms with E-state index in [1.54, 1.807) is 12.5 Å². The van der Waals surface area contributed by atoms with Gasteiger partial charge in [0.25, 0.3) is 0 Å². The number of carbonyl (C=O) groups excluding carboxylic acids is 1. The molecule has 2 aliphatic rings. The average molecular weight is 367 g/mol. The van der Waals surface area contributed by atoms with Crippen LogP contribution in [0.25, 0.3) is 17.2 Å². The number of hydrogen-bond acceptors (Lipinski definition) is 5. The summed E-state index contributed by atoms with van der Waals surface area (Å²) in [5.41, 5.74) is 1.50. The monoisotopic (exact) mass is 367 g/mol. The number of hydrogen-bond donors (Lipinski definition) is 1. The number of fused-ring (bicyclic) bond motifs is 1. The van der Waals surface area contributed by atoms with Gasteiger partial charge in [0, 0.05) is 23.2 Å². The minimum Gasteiger partial charge on any atom is -0.472 e. The van der Waals surface area contributed by atoms with Crippen molar-refractivity contribution in [2.75, 3.05) is 0 Å². The molecule has 2 fully saturated rings. The molecule has 4 rings (SSSR count). The van der Waals surface area contributed by atoms with Crippen LogP contribution in [0.3, 0.4) is 0 Å². The van der Waals surface area contributed by atoms with Gasteiger partial charge in [-0.3, -0.25) is 4.98 Å². The Balaban J connectivity index is 1.58. The van der Waals surface area contributed by atoms with Crippen LogP contribution >= 0.6 is 0 Å². The van der Waals surface area contributed by atoms with Gasteiger partial charge >= 0.3 is 5.97 Å². The number of nitrogens with zero attached hydrogens (tertiary/aromatic N) is 1. The smallest absolute Gasteiger partial charge is 0.338 e. The molecule has 0 radical (unpaired) electrons. The summed E-state index contributed by atoms with van der Waals surface area (Å²) < 4.78 is 10.5. The first kappa shape index (κ1) is 18.0. The molecule has 1 aliphatic heterocycles. The summed E-state index contributed by atoms with van der Waals surface area (Å²) in [7, 11) is 0. The van der Waals surface area contributed by atoms with Gasteiger partial charge in [0.2, 0.25) is 0 Å². The third-order valence-electron chi connectivity index (χ3n) is 6.21. The van der Waals surface area contributed by atoms with Gasteiger partial charge < -0.3 is 14.3 Å². The Bertz CT molecular complexity index is 827. The van der Waals surface area contributed by atoms with E-state index >= 15 is 0 Å². The molecule has 27 heavy (non-hydrogen) atoms. The van der Waals surface area contributed by atoms with Crippen molar-refractivity contribution in [2.24, 2.45) is 17.8 Å². The maximum Gasteiger partial charge on any atom is 0.338 e. The van der Waals surface area contributed by atoms with E-state index in [0.717, 1.165) is 29.7 Å². The van der Waals surface area contributed by atoms with E-state index in [9.17, 15) is 9.90 Å². The standard InChI is InChI=1S/C22H25NO4/c1-3-15-8-10-22(25)20(14(2)27-21(22)24)19(15)7-6-18-5-4-16(12-23-18)17-9-11-26-13-17/h4-7,9,11-15,19-20,25H,3,8,10H2,1-2H3/b7-6+/t14-,15?,19?,20?,22?/m1/s1. The summed E-state index contributed by atoms with van der Waals surface area (Å²) in [6.07, 6.45) is 11.3. The molecule has 4 unspecified atom stereocenters. The molecule has 0 amide bonds. The van der Waals surface area contributed by atoms with Gasteiger partial charge in [0.15, 0.2) is 5.60 Å². The van der Waals surface area contributed by atoms with Gasteiger partial charge in [0.1, 0.15) is 6.10 Å². The number of aromatic nitrogens is 1. The zero-order valence-electron chi connectivity index (χ0n) is 15.7. The van der Waals surface area contributed by atoms with Gasteiger partial charge in [-0.1, -0.05) is 25.5 Å². The third kappa shape index (κ3) is 3.10. The fraction of sp³-hybridized carbons (Fsp3) is 0.455. The molecule has 142 valence electrons. The van der Waals surface area contributed by atoms with Crippen molar-refractivity contribution >= 4 is 12.0 Å². The number of esters is 1. The van der Waals surface area contributed by atoms with Crippen LogP contribution in [-0.2, 0) is 9.53 Å². The van der Waals surface area contributed by atoms with Crippen LogP contribution in [-0.4, -0.2) is 27.8 Å². The molecule has 0 aromatic carbocycles. The number of aliphatic hydroxyl groups is 1. The topological polar surface area (TPSA) is 72.6 Å². The maximum atomic E-state index is 12.2. The van der Waals surface area contributed by atoms with Crippen molar-refractivity contribution in [1.82, 2.24) is 4.98 Å². The van der Waals surface area contributed by atoms with Gasteiger partial charge in [-0.25, -0.2) is 4.79 Å². The highest BCUT2D eigenvalue weighted by atomic mass is 16.6. The van der Waals surface area contributed by atoms with E-state index in [1.807, 2.05) is 37.4 Å². The predicted molar refractivity (Wildman–Crippen MR) is 101 cm³/mol. The van der Waals surface area contributed by atoms with Crippen molar-refractivity contribution < 1.29 is 19.1 Å². The molecule has 1 aliphatic carbocycles. The van der Waals surface area contributed by atoms with E-state index < -0.39 is 11.6 Å². The number of allylic oxidation sites excluding steroid dienone is 1. The molecule has 0 bridgehead atoms. The summed E-state index contributed by atoms with van der Waals surface area (Å²) in [4.78, 5) is 16.7. The first-order chi connectivity index (χ1) is 13.0. The molecule has 0 spiro atoms. The predicted octanol–water partition coefficient (Wildman–Crippen LogP) is 4.08. The van der Waals surface area contributed by atoms with Crippen molar-refractivity contribution in [3.8, 4) is 11.1 Å². The zero-order valence-corrected chi connectivity index (χ0v) is 15.7. The summed E-state index contributed by atoms with van der Waals surface area (Å²) in [6.45, 7) is 4.05. The highest BCUT2D eigenvalue weighted by molar-refractivity contribution is 5.82. The molecule has 5 atom stereocenters. The fourth-order valence-corrected chi connectivity index (χ4v) is 4.73. The third-order valence-corrected chi connectivity index (χ3v) is 6.21. The quantitative estimate of drug-likeness (QED) is 0.824. The highest BCUT2D eigenvalue weighted by Gasteiger charge is 2.60. The number of pyridine rings is 1. The number of ether oxygens (including phenoxy) is 1. The molecular formula is C22H25NO4. The highest BCUT2D eigenvalue weighted by Crippen LogP contribution is 2.50. The Morgan fingerprint density at radius 3 is 2.85 bits per heavy atom. The van der Waals surface area contributed by atoms with E-state index in [1.165, 1.54) is 0 Å². The van der Waals surface area contributed by atoms with E-state index in [2.05, 4.69) is 18.0 Å². The van der Waals surface area contributed by atoms with E-state index in [0.29, 0.717) is 12.3 Å². The largest absolute Gasteiger partial charge is 0.472 e. The lowest BCUT2D eigenvalue weighted by molar-refractivity contribution is -0.158. The van der Waals surface area contributed by atoms with Crippen molar-refractivity contribution in [3.63, 3.8) is 0 Å². The van der Waals surface area contributed by atoms with Crippen LogP contribution in [0.5, 0.6) is 0 Å². The SMILES string of the molecule is CCC1CCC2(O)C(=O)O[C@H](C)C2C1/C=C/c1ccc(-c2ccoc2)cn1. The van der Waals surface area contributed by atoms with Crippen LogP contribution < -0.4 is 0 Å². The van der Waals surface area contributed by atoms with Crippen molar-refractivity contribution in [1.29, 1.82) is 0 Å². The Morgan fingerprint density at radius 1 is 1.33 bits per heavy atom. The fourth-order valence-electron chi connectivity index (χ4n) is 4.73. The van der Waals surface area contributed by atoms with E-state index in [-0.39, 0.29) is 17.9 Å². The van der Waals surface area contributed by atoms with Crippen LogP contribution in [0, 0.1) is 17.8 Å². The molecule has 1 N–H and O–H groups in total. The van der Waals surface area contributed by atoms with Crippen LogP contribution in [0.4, 0.5) is 0 Å². The van der Waals surface area contributed by atoms with Crippen LogP contribution in [0.1, 0.15) is 38.8 Å². The molecule has 5 nitrogen and oxygen atoms in total. The first-order valence-electron chi connectivity index (χ1n) is 9.63. The summed E-state index contributed by atoms with van der Waals surface area (Å²) in [6, 6.07) is 5.88. The van der Waals surface area contributed by atoms with E-state index in [4.69, 9.17) is 9.15 Å². The first-order valence-corrected chi connectivity index (χ1v) is 9.63. The number of cyclic esters (lactones) is 1. The number of carbonyl (C=O) groups is 1. The Labute approximate surface area is 159 Å². The molecule has 1 saturated carbocycles. The van der Waals surface area contributed by atoms with Crippen LogP contribution in [0.15, 0.2) is 47.4 Å². The minimum atomic E-state index is -1.35. The van der Waals surface area contributed by atoms with Gasteiger partial charge in [0.05, 0.1) is 18.2 Å². The summed E-state index contributed by atoms with van der Waals surface area (Å²) >= 11 is 0. The second-order valence-corrected chi connectivity index (χ2v) is 7.69. The Kier molecular flexibility index (Phi) is 4.64. The van der Waals surface area contributed by atoms with Crippen LogP contribution in [0.2, 0.25) is 0 Å². The average Bonchev–Trinajstić information content (AvgIpc) is 3.28. The molecule has 3 heterocycles. The zero-order chi connectivity index (χ0) is 19.0. The van der Waals surface area contributed by atoms with Gasteiger partial charge in [-0.15, -0.1) is 0 Å². The van der Waals surface area contributed by atoms with Gasteiger partial charge in [-0.05, 0) is 49.8 Å². The number of furan rings is 1.